The highest BCUT2D eigenvalue weighted by Gasteiger charge is 2.35. The molecule has 0 radical (unpaired) electrons. The van der Waals surface area contributed by atoms with Crippen molar-refractivity contribution in [3.05, 3.63) is 70.9 Å². The lowest BCUT2D eigenvalue weighted by Crippen LogP contribution is -2.49. The lowest BCUT2D eigenvalue weighted by atomic mass is 10.0. The molecule has 0 N–H and O–H groups in total. The Bertz CT molecular complexity index is 1550. The molecule has 2 aromatic carbocycles. The molecule has 0 saturated carbocycles. The SMILES string of the molecule is CC(C)N1CC(C)(C)Oc2c(F)cc(-c3nc(Cc4ccc(CN5CCCCS5(=O)=O)c(F)c4)ncc3F)cc21. The van der Waals surface area contributed by atoms with E-state index in [2.05, 4.69) is 9.97 Å². The lowest BCUT2D eigenvalue weighted by Gasteiger charge is -2.43. The molecule has 0 amide bonds. The summed E-state index contributed by atoms with van der Waals surface area (Å²) in [5, 5.41) is 0. The molecule has 3 heterocycles. The summed E-state index contributed by atoms with van der Waals surface area (Å²) in [6.45, 7) is 8.65. The third-order valence-electron chi connectivity index (χ3n) is 7.23. The summed E-state index contributed by atoms with van der Waals surface area (Å²) in [4.78, 5) is 10.5. The summed E-state index contributed by atoms with van der Waals surface area (Å²) in [6.07, 6.45) is 2.49. The highest BCUT2D eigenvalue weighted by Crippen LogP contribution is 2.42. The van der Waals surface area contributed by atoms with Crippen LogP contribution in [0.15, 0.2) is 36.5 Å². The van der Waals surface area contributed by atoms with Gasteiger partial charge in [0.2, 0.25) is 10.0 Å². The van der Waals surface area contributed by atoms with Gasteiger partial charge in [0, 0.05) is 36.7 Å². The highest BCUT2D eigenvalue weighted by atomic mass is 32.2. The van der Waals surface area contributed by atoms with Crippen molar-refractivity contribution >= 4 is 15.7 Å². The predicted octanol–water partition coefficient (Wildman–Crippen LogP) is 5.46. The fourth-order valence-corrected chi connectivity index (χ4v) is 6.78. The number of nitrogens with zero attached hydrogens (tertiary/aromatic N) is 4. The van der Waals surface area contributed by atoms with Gasteiger partial charge in [-0.3, -0.25) is 0 Å². The van der Waals surface area contributed by atoms with Gasteiger partial charge < -0.3 is 9.64 Å². The van der Waals surface area contributed by atoms with E-state index in [9.17, 15) is 17.2 Å². The molecule has 1 aromatic heterocycles. The van der Waals surface area contributed by atoms with Crippen LogP contribution in [0.4, 0.5) is 18.9 Å². The molecule has 214 valence electrons. The Labute approximate surface area is 233 Å². The number of fused-ring (bicyclic) bond motifs is 1. The first kappa shape index (κ1) is 28.4. The number of aromatic nitrogens is 2. The van der Waals surface area contributed by atoms with E-state index in [1.165, 1.54) is 16.4 Å². The van der Waals surface area contributed by atoms with E-state index >= 15 is 4.39 Å². The van der Waals surface area contributed by atoms with Crippen molar-refractivity contribution in [1.82, 2.24) is 14.3 Å². The fraction of sp³-hybridized carbons (Fsp3) is 0.448. The summed E-state index contributed by atoms with van der Waals surface area (Å²) in [5.41, 5.74) is 0.929. The van der Waals surface area contributed by atoms with E-state index in [1.807, 2.05) is 32.6 Å². The van der Waals surface area contributed by atoms with Gasteiger partial charge in [0.1, 0.15) is 22.9 Å². The van der Waals surface area contributed by atoms with Crippen LogP contribution >= 0.6 is 0 Å². The second-order valence-electron chi connectivity index (χ2n) is 11.3. The Hall–Kier alpha value is -3.18. The molecule has 1 saturated heterocycles. The molecule has 0 unspecified atom stereocenters. The van der Waals surface area contributed by atoms with Gasteiger partial charge in [-0.15, -0.1) is 0 Å². The van der Waals surface area contributed by atoms with E-state index in [1.54, 1.807) is 18.2 Å². The minimum absolute atomic E-state index is 0.0240. The number of rotatable bonds is 6. The summed E-state index contributed by atoms with van der Waals surface area (Å²) in [7, 11) is -3.38. The molecule has 1 fully saturated rings. The Kier molecular flexibility index (Phi) is 7.56. The van der Waals surface area contributed by atoms with Gasteiger partial charge in [0.15, 0.2) is 17.4 Å². The minimum atomic E-state index is -3.38. The van der Waals surface area contributed by atoms with Gasteiger partial charge in [-0.1, -0.05) is 12.1 Å². The summed E-state index contributed by atoms with van der Waals surface area (Å²) in [6, 6.07) is 7.48. The Balaban J connectivity index is 1.41. The van der Waals surface area contributed by atoms with Crippen molar-refractivity contribution in [2.24, 2.45) is 0 Å². The third kappa shape index (κ3) is 5.81. The molecule has 3 aromatic rings. The molecule has 0 aliphatic carbocycles. The van der Waals surface area contributed by atoms with Crippen LogP contribution < -0.4 is 9.64 Å². The summed E-state index contributed by atoms with van der Waals surface area (Å²) >= 11 is 0. The maximum atomic E-state index is 15.3. The van der Waals surface area contributed by atoms with Gasteiger partial charge in [-0.05, 0) is 64.3 Å². The second-order valence-corrected chi connectivity index (χ2v) is 13.4. The molecule has 2 aliphatic heterocycles. The van der Waals surface area contributed by atoms with Crippen LogP contribution in [0.2, 0.25) is 0 Å². The number of hydrogen-bond donors (Lipinski definition) is 0. The third-order valence-corrected chi connectivity index (χ3v) is 9.14. The molecular formula is C29H33F3N4O3S. The molecule has 7 nitrogen and oxygen atoms in total. The molecular weight excluding hydrogens is 541 g/mol. The summed E-state index contributed by atoms with van der Waals surface area (Å²) < 4.78 is 77.0. The maximum Gasteiger partial charge on any atom is 0.214 e. The molecule has 0 atom stereocenters. The summed E-state index contributed by atoms with van der Waals surface area (Å²) in [5.74, 6) is -1.42. The van der Waals surface area contributed by atoms with Crippen LogP contribution in [-0.2, 0) is 23.0 Å². The molecule has 2 aliphatic rings. The Morgan fingerprint density at radius 1 is 1.05 bits per heavy atom. The smallest absolute Gasteiger partial charge is 0.214 e. The van der Waals surface area contributed by atoms with Crippen LogP contribution in [0.3, 0.4) is 0 Å². The van der Waals surface area contributed by atoms with Crippen LogP contribution in [-0.4, -0.2) is 53.2 Å². The van der Waals surface area contributed by atoms with E-state index < -0.39 is 33.1 Å². The number of ether oxygens (including phenoxy) is 1. The quantitative estimate of drug-likeness (QED) is 0.389. The van der Waals surface area contributed by atoms with Crippen molar-refractivity contribution in [1.29, 1.82) is 0 Å². The first-order valence-electron chi connectivity index (χ1n) is 13.4. The predicted molar refractivity (Wildman–Crippen MR) is 147 cm³/mol. The van der Waals surface area contributed by atoms with Crippen LogP contribution in [0.5, 0.6) is 5.75 Å². The maximum absolute atomic E-state index is 15.3. The molecule has 0 bridgehead atoms. The van der Waals surface area contributed by atoms with Crippen molar-refractivity contribution in [3.63, 3.8) is 0 Å². The first-order chi connectivity index (χ1) is 18.8. The van der Waals surface area contributed by atoms with Crippen molar-refractivity contribution in [2.75, 3.05) is 23.7 Å². The van der Waals surface area contributed by atoms with E-state index in [0.717, 1.165) is 12.6 Å². The molecule has 5 rings (SSSR count). The zero-order chi connectivity index (χ0) is 28.8. The fourth-order valence-electron chi connectivity index (χ4n) is 5.21. The second kappa shape index (κ2) is 10.7. The topological polar surface area (TPSA) is 75.6 Å². The van der Waals surface area contributed by atoms with E-state index in [0.29, 0.717) is 30.8 Å². The first-order valence-corrected chi connectivity index (χ1v) is 15.0. The minimum Gasteiger partial charge on any atom is -0.481 e. The van der Waals surface area contributed by atoms with Crippen LogP contribution in [0.1, 0.15) is 57.5 Å². The van der Waals surface area contributed by atoms with Gasteiger partial charge >= 0.3 is 0 Å². The molecule has 0 spiro atoms. The number of sulfonamides is 1. The highest BCUT2D eigenvalue weighted by molar-refractivity contribution is 7.89. The van der Waals surface area contributed by atoms with Crippen molar-refractivity contribution in [3.8, 4) is 17.0 Å². The zero-order valence-electron chi connectivity index (χ0n) is 23.0. The van der Waals surface area contributed by atoms with Gasteiger partial charge in [0.05, 0.1) is 24.2 Å². The normalized spacial score (nSPS) is 18.4. The van der Waals surface area contributed by atoms with E-state index in [-0.39, 0.29) is 53.2 Å². The number of halogens is 3. The number of anilines is 1. The zero-order valence-corrected chi connectivity index (χ0v) is 23.9. The van der Waals surface area contributed by atoms with Crippen molar-refractivity contribution in [2.45, 2.75) is 65.1 Å². The standard InChI is InChI=1S/C29H33F3N4O3S/c1-18(2)36-17-29(3,4)39-28-23(31)13-21(14-25(28)36)27-24(32)15-33-26(34-27)12-19-7-8-20(22(30)11-19)16-35-9-5-6-10-40(35,37)38/h7-8,11,13-15,18H,5-6,9-10,12,16-17H2,1-4H3. The number of hydrogen-bond acceptors (Lipinski definition) is 6. The molecule has 11 heteroatoms. The molecule has 40 heavy (non-hydrogen) atoms. The van der Waals surface area contributed by atoms with Crippen LogP contribution in [0.25, 0.3) is 11.3 Å². The Morgan fingerprint density at radius 3 is 2.52 bits per heavy atom. The lowest BCUT2D eigenvalue weighted by molar-refractivity contribution is 0.0967. The van der Waals surface area contributed by atoms with E-state index in [4.69, 9.17) is 4.74 Å². The van der Waals surface area contributed by atoms with Gasteiger partial charge in [-0.25, -0.2) is 31.6 Å². The average Bonchev–Trinajstić information content (AvgIpc) is 2.87. The van der Waals surface area contributed by atoms with Crippen molar-refractivity contribution < 1.29 is 26.3 Å². The largest absolute Gasteiger partial charge is 0.481 e. The monoisotopic (exact) mass is 574 g/mol. The Morgan fingerprint density at radius 2 is 1.82 bits per heavy atom. The average molecular weight is 575 g/mol. The number of benzene rings is 2. The van der Waals surface area contributed by atoms with Gasteiger partial charge in [0.25, 0.3) is 0 Å². The van der Waals surface area contributed by atoms with Crippen LogP contribution in [0, 0.1) is 17.5 Å². The van der Waals surface area contributed by atoms with Gasteiger partial charge in [-0.2, -0.15) is 4.31 Å².